The molecular formula is C14H18FN3O2S. The number of aryl methyl sites for hydroxylation is 1. The molecule has 0 saturated heterocycles. The van der Waals surface area contributed by atoms with Crippen molar-refractivity contribution in [2.45, 2.75) is 24.2 Å². The monoisotopic (exact) mass is 311 g/mol. The SMILES string of the molecule is COCCCn1cnnc1SCC(O)c1ccccc1F. The van der Waals surface area contributed by atoms with Gasteiger partial charge in [0.2, 0.25) is 0 Å². The fourth-order valence-electron chi connectivity index (χ4n) is 1.88. The molecule has 1 heterocycles. The number of ether oxygens (including phenoxy) is 1. The number of hydrogen-bond donors (Lipinski definition) is 1. The molecule has 5 nitrogen and oxygen atoms in total. The molecule has 1 aromatic heterocycles. The molecule has 7 heteroatoms. The second-order valence-corrected chi connectivity index (χ2v) is 5.49. The number of nitrogens with zero attached hydrogens (tertiary/aromatic N) is 3. The van der Waals surface area contributed by atoms with E-state index in [0.717, 1.165) is 13.0 Å². The summed E-state index contributed by atoms with van der Waals surface area (Å²) in [6.07, 6.45) is 1.63. The molecule has 0 radical (unpaired) electrons. The Kier molecular flexibility index (Phi) is 6.16. The van der Waals surface area contributed by atoms with Gasteiger partial charge in [0.1, 0.15) is 12.1 Å². The molecule has 0 aliphatic rings. The highest BCUT2D eigenvalue weighted by Gasteiger charge is 2.14. The lowest BCUT2D eigenvalue weighted by Gasteiger charge is -2.11. The molecule has 0 amide bonds. The van der Waals surface area contributed by atoms with Crippen LogP contribution >= 0.6 is 11.8 Å². The standard InChI is InChI=1S/C14H18FN3O2S/c1-20-8-4-7-18-10-16-17-14(18)21-9-13(19)11-5-2-3-6-12(11)15/h2-3,5-6,10,13,19H,4,7-9H2,1H3. The smallest absolute Gasteiger partial charge is 0.191 e. The van der Waals surface area contributed by atoms with Gasteiger partial charge in [0.25, 0.3) is 0 Å². The van der Waals surface area contributed by atoms with Crippen molar-refractivity contribution >= 4 is 11.8 Å². The fraction of sp³-hybridized carbons (Fsp3) is 0.429. The lowest BCUT2D eigenvalue weighted by Crippen LogP contribution is -2.06. The van der Waals surface area contributed by atoms with Crippen molar-refractivity contribution in [3.05, 3.63) is 42.0 Å². The Morgan fingerprint density at radius 2 is 2.24 bits per heavy atom. The number of thioether (sulfide) groups is 1. The van der Waals surface area contributed by atoms with Crippen LogP contribution in [-0.2, 0) is 11.3 Å². The maximum absolute atomic E-state index is 13.6. The van der Waals surface area contributed by atoms with E-state index in [2.05, 4.69) is 10.2 Å². The Hall–Kier alpha value is -1.44. The first-order valence-electron chi connectivity index (χ1n) is 6.64. The van der Waals surface area contributed by atoms with E-state index in [0.29, 0.717) is 23.1 Å². The second kappa shape index (κ2) is 8.11. The van der Waals surface area contributed by atoms with E-state index < -0.39 is 11.9 Å². The summed E-state index contributed by atoms with van der Waals surface area (Å²) >= 11 is 1.36. The first-order valence-corrected chi connectivity index (χ1v) is 7.63. The van der Waals surface area contributed by atoms with Crippen LogP contribution in [0.1, 0.15) is 18.1 Å². The van der Waals surface area contributed by atoms with Gasteiger partial charge in [-0.05, 0) is 12.5 Å². The average Bonchev–Trinajstić information content (AvgIpc) is 2.93. The summed E-state index contributed by atoms with van der Waals surface area (Å²) < 4.78 is 20.5. The van der Waals surface area contributed by atoms with E-state index in [4.69, 9.17) is 4.74 Å². The molecule has 0 aliphatic heterocycles. The van der Waals surface area contributed by atoms with Crippen molar-refractivity contribution in [2.24, 2.45) is 0 Å². The van der Waals surface area contributed by atoms with Crippen molar-refractivity contribution in [3.8, 4) is 0 Å². The molecule has 0 aliphatic carbocycles. The maximum Gasteiger partial charge on any atom is 0.191 e. The largest absolute Gasteiger partial charge is 0.387 e. The molecule has 2 rings (SSSR count). The summed E-state index contributed by atoms with van der Waals surface area (Å²) in [5.74, 6) is -0.0728. The molecular weight excluding hydrogens is 293 g/mol. The maximum atomic E-state index is 13.6. The number of halogens is 1. The minimum atomic E-state index is -0.875. The van der Waals surface area contributed by atoms with Crippen molar-refractivity contribution in [1.29, 1.82) is 0 Å². The quantitative estimate of drug-likeness (QED) is 0.599. The van der Waals surface area contributed by atoms with Gasteiger partial charge < -0.3 is 14.4 Å². The summed E-state index contributed by atoms with van der Waals surface area (Å²) in [7, 11) is 1.66. The highest BCUT2D eigenvalue weighted by molar-refractivity contribution is 7.99. The van der Waals surface area contributed by atoms with Crippen molar-refractivity contribution in [1.82, 2.24) is 14.8 Å². The lowest BCUT2D eigenvalue weighted by molar-refractivity contribution is 0.189. The van der Waals surface area contributed by atoms with Crippen molar-refractivity contribution < 1.29 is 14.2 Å². The Morgan fingerprint density at radius 1 is 1.43 bits per heavy atom. The van der Waals surface area contributed by atoms with E-state index >= 15 is 0 Å². The normalized spacial score (nSPS) is 12.5. The van der Waals surface area contributed by atoms with Crippen LogP contribution in [-0.4, -0.2) is 39.3 Å². The van der Waals surface area contributed by atoms with E-state index in [1.54, 1.807) is 31.6 Å². The van der Waals surface area contributed by atoms with Gasteiger partial charge in [-0.15, -0.1) is 10.2 Å². The van der Waals surface area contributed by atoms with Crippen LogP contribution in [0.15, 0.2) is 35.7 Å². The van der Waals surface area contributed by atoms with E-state index in [1.165, 1.54) is 17.8 Å². The molecule has 21 heavy (non-hydrogen) atoms. The number of aliphatic hydroxyl groups excluding tert-OH is 1. The number of hydrogen-bond acceptors (Lipinski definition) is 5. The molecule has 0 bridgehead atoms. The molecule has 1 atom stereocenters. The highest BCUT2D eigenvalue weighted by Crippen LogP contribution is 2.24. The zero-order valence-corrected chi connectivity index (χ0v) is 12.6. The number of aliphatic hydroxyl groups is 1. The van der Waals surface area contributed by atoms with Gasteiger partial charge in [0.15, 0.2) is 5.16 Å². The van der Waals surface area contributed by atoms with E-state index in [9.17, 15) is 9.50 Å². The summed E-state index contributed by atoms with van der Waals surface area (Å²) in [6, 6.07) is 6.24. The molecule has 0 saturated carbocycles. The highest BCUT2D eigenvalue weighted by atomic mass is 32.2. The van der Waals surface area contributed by atoms with Gasteiger partial charge in [0, 0.05) is 31.6 Å². The van der Waals surface area contributed by atoms with Crippen LogP contribution < -0.4 is 0 Å². The summed E-state index contributed by atoms with van der Waals surface area (Å²) in [6.45, 7) is 1.42. The third-order valence-electron chi connectivity index (χ3n) is 2.96. The minimum Gasteiger partial charge on any atom is -0.387 e. The van der Waals surface area contributed by atoms with Crippen LogP contribution in [0.3, 0.4) is 0 Å². The average molecular weight is 311 g/mol. The molecule has 1 N–H and O–H groups in total. The van der Waals surface area contributed by atoms with Crippen LogP contribution in [0.25, 0.3) is 0 Å². The van der Waals surface area contributed by atoms with Gasteiger partial charge in [-0.25, -0.2) is 4.39 Å². The molecule has 1 unspecified atom stereocenters. The molecule has 114 valence electrons. The van der Waals surface area contributed by atoms with E-state index in [-0.39, 0.29) is 0 Å². The third-order valence-corrected chi connectivity index (χ3v) is 4.02. The van der Waals surface area contributed by atoms with Crippen LogP contribution in [0.5, 0.6) is 0 Å². The molecule has 0 fully saturated rings. The molecule has 0 spiro atoms. The summed E-state index contributed by atoms with van der Waals surface area (Å²) in [5.41, 5.74) is 0.301. The molecule has 2 aromatic rings. The number of methoxy groups -OCH3 is 1. The fourth-order valence-corrected chi connectivity index (χ4v) is 2.77. The Labute approximate surface area is 127 Å². The van der Waals surface area contributed by atoms with Crippen LogP contribution in [0, 0.1) is 5.82 Å². The van der Waals surface area contributed by atoms with Crippen LogP contribution in [0.4, 0.5) is 4.39 Å². The minimum absolute atomic E-state index is 0.301. The third kappa shape index (κ3) is 4.52. The Bertz CT molecular complexity index is 565. The topological polar surface area (TPSA) is 60.2 Å². The first-order chi connectivity index (χ1) is 10.2. The van der Waals surface area contributed by atoms with Crippen molar-refractivity contribution in [2.75, 3.05) is 19.5 Å². The van der Waals surface area contributed by atoms with Crippen molar-refractivity contribution in [3.63, 3.8) is 0 Å². The Balaban J connectivity index is 1.91. The number of benzene rings is 1. The predicted molar refractivity (Wildman–Crippen MR) is 78.6 cm³/mol. The second-order valence-electron chi connectivity index (χ2n) is 4.50. The first kappa shape index (κ1) is 15.9. The van der Waals surface area contributed by atoms with Gasteiger partial charge >= 0.3 is 0 Å². The molecule has 1 aromatic carbocycles. The zero-order valence-electron chi connectivity index (χ0n) is 11.8. The van der Waals surface area contributed by atoms with Crippen LogP contribution in [0.2, 0.25) is 0 Å². The van der Waals surface area contributed by atoms with E-state index in [1.807, 2.05) is 4.57 Å². The summed E-state index contributed by atoms with van der Waals surface area (Å²) in [5, 5.41) is 18.7. The number of rotatable bonds is 8. The zero-order chi connectivity index (χ0) is 15.1. The summed E-state index contributed by atoms with van der Waals surface area (Å²) in [4.78, 5) is 0. The Morgan fingerprint density at radius 3 is 3.00 bits per heavy atom. The van der Waals surface area contributed by atoms with Gasteiger partial charge in [-0.2, -0.15) is 0 Å². The van der Waals surface area contributed by atoms with Gasteiger partial charge in [-0.1, -0.05) is 30.0 Å². The van der Waals surface area contributed by atoms with Gasteiger partial charge in [0.05, 0.1) is 6.10 Å². The lowest BCUT2D eigenvalue weighted by atomic mass is 10.1. The number of aromatic nitrogens is 3. The van der Waals surface area contributed by atoms with Gasteiger partial charge in [-0.3, -0.25) is 0 Å². The predicted octanol–water partition coefficient (Wildman–Crippen LogP) is 2.28.